The van der Waals surface area contributed by atoms with Crippen LogP contribution in [0.5, 0.6) is 0 Å². The van der Waals surface area contributed by atoms with Gasteiger partial charge in [-0.15, -0.1) is 11.3 Å². The van der Waals surface area contributed by atoms with Crippen LogP contribution in [-0.4, -0.2) is 27.3 Å². The lowest BCUT2D eigenvalue weighted by Crippen LogP contribution is -2.37. The van der Waals surface area contributed by atoms with Crippen LogP contribution in [0.2, 0.25) is 0 Å². The molecule has 1 N–H and O–H groups in total. The van der Waals surface area contributed by atoms with Gasteiger partial charge in [0.15, 0.2) is 5.16 Å². The quantitative estimate of drug-likeness (QED) is 0.459. The summed E-state index contributed by atoms with van der Waals surface area (Å²) in [6.45, 7) is 8.58. The molecular weight excluding hydrogens is 390 g/mol. The van der Waals surface area contributed by atoms with Crippen LogP contribution in [0.1, 0.15) is 27.7 Å². The minimum Gasteiger partial charge on any atom is -0.353 e. The molecule has 0 fully saturated rings. The molecule has 3 rings (SSSR count). The van der Waals surface area contributed by atoms with Crippen molar-refractivity contribution in [2.45, 2.75) is 45.4 Å². The van der Waals surface area contributed by atoms with Crippen LogP contribution in [0.25, 0.3) is 21.3 Å². The fourth-order valence-corrected chi connectivity index (χ4v) is 4.68. The van der Waals surface area contributed by atoms with Crippen LogP contribution in [0, 0.1) is 5.92 Å². The number of nitrogens with zero attached hydrogens (tertiary/aromatic N) is 2. The van der Waals surface area contributed by atoms with E-state index in [-0.39, 0.29) is 23.3 Å². The molecule has 0 aliphatic carbocycles. The minimum absolute atomic E-state index is 0.0423. The Morgan fingerprint density at radius 2 is 1.96 bits per heavy atom. The maximum atomic E-state index is 13.2. The normalized spacial score (nSPS) is 12.5. The van der Waals surface area contributed by atoms with Crippen molar-refractivity contribution in [1.82, 2.24) is 14.9 Å². The van der Waals surface area contributed by atoms with Crippen LogP contribution in [0.4, 0.5) is 0 Å². The number of amides is 1. The first-order valence-corrected chi connectivity index (χ1v) is 11.3. The Bertz CT molecular complexity index is 1030. The SMILES string of the molecule is CCn1c(SCC(=O)N[C@@H](C)C(C)C)nc2scc(-c3ccccc3)c2c1=O. The third-order valence-corrected chi connectivity index (χ3v) is 6.63. The molecule has 7 heteroatoms. The molecule has 0 aliphatic heterocycles. The Kier molecular flexibility index (Phi) is 6.57. The van der Waals surface area contributed by atoms with Crippen LogP contribution >= 0.6 is 23.1 Å². The lowest BCUT2D eigenvalue weighted by molar-refractivity contribution is -0.119. The molecule has 0 saturated heterocycles. The molecule has 0 aliphatic rings. The highest BCUT2D eigenvalue weighted by atomic mass is 32.2. The Morgan fingerprint density at radius 3 is 2.61 bits per heavy atom. The van der Waals surface area contributed by atoms with E-state index < -0.39 is 0 Å². The highest BCUT2D eigenvalue weighted by molar-refractivity contribution is 7.99. The molecule has 0 spiro atoms. The number of benzene rings is 1. The number of rotatable bonds is 7. The topological polar surface area (TPSA) is 64.0 Å². The van der Waals surface area contributed by atoms with E-state index in [0.29, 0.717) is 27.8 Å². The van der Waals surface area contributed by atoms with Gasteiger partial charge in [-0.05, 0) is 25.3 Å². The fraction of sp³-hybridized carbons (Fsp3) is 0.381. The van der Waals surface area contributed by atoms with E-state index in [2.05, 4.69) is 19.2 Å². The summed E-state index contributed by atoms with van der Waals surface area (Å²) in [7, 11) is 0. The van der Waals surface area contributed by atoms with Crippen LogP contribution in [-0.2, 0) is 11.3 Å². The predicted molar refractivity (Wildman–Crippen MR) is 118 cm³/mol. The fourth-order valence-electron chi connectivity index (χ4n) is 2.82. The van der Waals surface area contributed by atoms with Gasteiger partial charge in [-0.1, -0.05) is 55.9 Å². The zero-order valence-electron chi connectivity index (χ0n) is 16.6. The van der Waals surface area contributed by atoms with Crippen LogP contribution in [0.3, 0.4) is 0 Å². The monoisotopic (exact) mass is 415 g/mol. The van der Waals surface area contributed by atoms with Crippen molar-refractivity contribution in [3.63, 3.8) is 0 Å². The van der Waals surface area contributed by atoms with Gasteiger partial charge < -0.3 is 5.32 Å². The van der Waals surface area contributed by atoms with Crippen molar-refractivity contribution in [3.05, 3.63) is 46.1 Å². The zero-order valence-corrected chi connectivity index (χ0v) is 18.2. The first-order valence-electron chi connectivity index (χ1n) is 9.42. The molecule has 0 saturated carbocycles. The van der Waals surface area contributed by atoms with Crippen molar-refractivity contribution >= 4 is 39.2 Å². The second-order valence-electron chi connectivity index (χ2n) is 7.03. The molecule has 0 unspecified atom stereocenters. The molecule has 2 aromatic heterocycles. The maximum Gasteiger partial charge on any atom is 0.263 e. The summed E-state index contributed by atoms with van der Waals surface area (Å²) in [6.07, 6.45) is 0. The second-order valence-corrected chi connectivity index (χ2v) is 8.83. The summed E-state index contributed by atoms with van der Waals surface area (Å²) in [5.41, 5.74) is 1.88. The number of aromatic nitrogens is 2. The molecule has 0 radical (unpaired) electrons. The smallest absolute Gasteiger partial charge is 0.263 e. The first-order chi connectivity index (χ1) is 13.4. The van der Waals surface area contributed by atoms with Crippen molar-refractivity contribution < 1.29 is 4.79 Å². The molecule has 3 aromatic rings. The van der Waals surface area contributed by atoms with Gasteiger partial charge in [-0.25, -0.2) is 4.98 Å². The zero-order chi connectivity index (χ0) is 20.3. The summed E-state index contributed by atoms with van der Waals surface area (Å²) in [6, 6.07) is 10.0. The van der Waals surface area contributed by atoms with E-state index in [4.69, 9.17) is 4.98 Å². The van der Waals surface area contributed by atoms with Gasteiger partial charge in [0, 0.05) is 23.5 Å². The van der Waals surface area contributed by atoms with Crippen LogP contribution in [0.15, 0.2) is 45.7 Å². The number of carbonyl (C=O) groups excluding carboxylic acids is 1. The molecule has 1 atom stereocenters. The molecule has 1 amide bonds. The van der Waals surface area contributed by atoms with Gasteiger partial charge in [-0.3, -0.25) is 14.2 Å². The van der Waals surface area contributed by atoms with Gasteiger partial charge in [0.1, 0.15) is 4.83 Å². The Morgan fingerprint density at radius 1 is 1.25 bits per heavy atom. The van der Waals surface area contributed by atoms with Gasteiger partial charge in [0.05, 0.1) is 11.1 Å². The first kappa shape index (κ1) is 20.6. The molecule has 0 bridgehead atoms. The molecule has 28 heavy (non-hydrogen) atoms. The Labute approximate surface area is 173 Å². The second kappa shape index (κ2) is 8.92. The summed E-state index contributed by atoms with van der Waals surface area (Å²) < 4.78 is 1.66. The summed E-state index contributed by atoms with van der Waals surface area (Å²) >= 11 is 2.78. The van der Waals surface area contributed by atoms with E-state index in [1.54, 1.807) is 4.57 Å². The van der Waals surface area contributed by atoms with Gasteiger partial charge >= 0.3 is 0 Å². The summed E-state index contributed by atoms with van der Waals surface area (Å²) in [5.74, 6) is 0.575. The Hall–Kier alpha value is -2.12. The van der Waals surface area contributed by atoms with Crippen molar-refractivity contribution in [1.29, 1.82) is 0 Å². The number of thioether (sulfide) groups is 1. The molecule has 5 nitrogen and oxygen atoms in total. The standard InChI is InChI=1S/C21H25N3O2S2/c1-5-24-20(26)18-16(15-9-7-6-8-10-15)11-27-19(18)23-21(24)28-12-17(25)22-14(4)13(2)3/h6-11,13-14H,5,12H2,1-4H3,(H,22,25)/t14-/m0/s1. The number of thiophene rings is 1. The van der Waals surface area contributed by atoms with Gasteiger partial charge in [-0.2, -0.15) is 0 Å². The van der Waals surface area contributed by atoms with Crippen molar-refractivity contribution in [3.8, 4) is 11.1 Å². The highest BCUT2D eigenvalue weighted by Crippen LogP contribution is 2.32. The third-order valence-electron chi connectivity index (χ3n) is 4.78. The molecular formula is C21H25N3O2S2. The van der Waals surface area contributed by atoms with Gasteiger partial charge in [0.25, 0.3) is 5.56 Å². The van der Waals surface area contributed by atoms with E-state index in [1.165, 1.54) is 23.1 Å². The highest BCUT2D eigenvalue weighted by Gasteiger charge is 2.18. The van der Waals surface area contributed by atoms with E-state index in [1.807, 2.05) is 49.6 Å². The minimum atomic E-state index is -0.0499. The number of carbonyl (C=O) groups is 1. The average Bonchev–Trinajstić information content (AvgIpc) is 3.11. The number of hydrogen-bond donors (Lipinski definition) is 1. The average molecular weight is 416 g/mol. The molecule has 1 aromatic carbocycles. The van der Waals surface area contributed by atoms with Crippen molar-refractivity contribution in [2.24, 2.45) is 5.92 Å². The lowest BCUT2D eigenvalue weighted by atomic mass is 10.1. The maximum absolute atomic E-state index is 13.2. The summed E-state index contributed by atoms with van der Waals surface area (Å²) in [4.78, 5) is 30.8. The van der Waals surface area contributed by atoms with E-state index in [0.717, 1.165) is 11.1 Å². The van der Waals surface area contributed by atoms with Gasteiger partial charge in [0.2, 0.25) is 5.91 Å². The lowest BCUT2D eigenvalue weighted by Gasteiger charge is -2.17. The molecule has 2 heterocycles. The number of fused-ring (bicyclic) bond motifs is 1. The largest absolute Gasteiger partial charge is 0.353 e. The number of hydrogen-bond acceptors (Lipinski definition) is 5. The number of nitrogens with one attached hydrogen (secondary N) is 1. The third kappa shape index (κ3) is 4.31. The molecule has 148 valence electrons. The predicted octanol–water partition coefficient (Wildman–Crippen LogP) is 4.40. The van der Waals surface area contributed by atoms with E-state index in [9.17, 15) is 9.59 Å². The Balaban J connectivity index is 1.91. The van der Waals surface area contributed by atoms with E-state index >= 15 is 0 Å². The van der Waals surface area contributed by atoms with Crippen molar-refractivity contribution in [2.75, 3.05) is 5.75 Å². The summed E-state index contributed by atoms with van der Waals surface area (Å²) in [5, 5.41) is 6.22. The van der Waals surface area contributed by atoms with Crippen LogP contribution < -0.4 is 10.9 Å².